The molecule has 2 aliphatic rings. The second-order valence-electron chi connectivity index (χ2n) is 7.29. The molecule has 0 aromatic heterocycles. The summed E-state index contributed by atoms with van der Waals surface area (Å²) in [5.41, 5.74) is 0. The molecular formula is C18H37N3. The monoisotopic (exact) mass is 295 g/mol. The molecule has 21 heavy (non-hydrogen) atoms. The van der Waals surface area contributed by atoms with Gasteiger partial charge in [0, 0.05) is 12.1 Å². The van der Waals surface area contributed by atoms with Crippen LogP contribution in [-0.4, -0.2) is 61.2 Å². The van der Waals surface area contributed by atoms with Crippen LogP contribution in [0.1, 0.15) is 59.3 Å². The highest BCUT2D eigenvalue weighted by atomic mass is 15.2. The number of nitrogens with zero attached hydrogens (tertiary/aromatic N) is 2. The summed E-state index contributed by atoms with van der Waals surface area (Å²) in [6, 6.07) is 1.60. The van der Waals surface area contributed by atoms with Gasteiger partial charge in [-0.25, -0.2) is 0 Å². The van der Waals surface area contributed by atoms with Crippen LogP contribution in [0.15, 0.2) is 0 Å². The molecule has 2 fully saturated rings. The van der Waals surface area contributed by atoms with E-state index >= 15 is 0 Å². The smallest absolute Gasteiger partial charge is 0.0120 e. The molecule has 1 N–H and O–H groups in total. The topological polar surface area (TPSA) is 18.5 Å². The van der Waals surface area contributed by atoms with Crippen LogP contribution in [0.25, 0.3) is 0 Å². The summed E-state index contributed by atoms with van der Waals surface area (Å²) in [6.07, 6.45) is 8.32. The summed E-state index contributed by atoms with van der Waals surface area (Å²) in [5.74, 6) is 0.753. The van der Waals surface area contributed by atoms with Crippen molar-refractivity contribution in [3.05, 3.63) is 0 Å². The SMILES string of the molecule is CCCNCC(C)C(C)N1CCC(N2CCCCC2)CC1. The quantitative estimate of drug-likeness (QED) is 0.729. The molecule has 0 aromatic rings. The van der Waals surface area contributed by atoms with Gasteiger partial charge in [-0.2, -0.15) is 0 Å². The van der Waals surface area contributed by atoms with Crippen molar-refractivity contribution in [2.45, 2.75) is 71.4 Å². The maximum Gasteiger partial charge on any atom is 0.0120 e. The highest BCUT2D eigenvalue weighted by molar-refractivity contribution is 4.85. The van der Waals surface area contributed by atoms with Crippen molar-refractivity contribution in [3.8, 4) is 0 Å². The van der Waals surface area contributed by atoms with Gasteiger partial charge in [0.05, 0.1) is 0 Å². The molecule has 0 bridgehead atoms. The van der Waals surface area contributed by atoms with Gasteiger partial charge in [0.2, 0.25) is 0 Å². The molecule has 2 saturated heterocycles. The lowest BCUT2D eigenvalue weighted by molar-refractivity contribution is 0.0625. The maximum absolute atomic E-state index is 3.58. The molecule has 0 aromatic carbocycles. The summed E-state index contributed by atoms with van der Waals surface area (Å²) in [4.78, 5) is 5.51. The summed E-state index contributed by atoms with van der Waals surface area (Å²) < 4.78 is 0. The van der Waals surface area contributed by atoms with Crippen LogP contribution in [0.4, 0.5) is 0 Å². The van der Waals surface area contributed by atoms with Crippen molar-refractivity contribution in [1.82, 2.24) is 15.1 Å². The molecular weight excluding hydrogens is 258 g/mol. The Labute approximate surface area is 132 Å². The van der Waals surface area contributed by atoms with Crippen molar-refractivity contribution >= 4 is 0 Å². The van der Waals surface area contributed by atoms with Crippen LogP contribution in [0.2, 0.25) is 0 Å². The van der Waals surface area contributed by atoms with Gasteiger partial charge in [-0.15, -0.1) is 0 Å². The predicted molar refractivity (Wildman–Crippen MR) is 91.8 cm³/mol. The second-order valence-corrected chi connectivity index (χ2v) is 7.29. The van der Waals surface area contributed by atoms with E-state index in [-0.39, 0.29) is 0 Å². The van der Waals surface area contributed by atoms with E-state index in [1.54, 1.807) is 0 Å². The Kier molecular flexibility index (Phi) is 7.48. The summed E-state index contributed by atoms with van der Waals surface area (Å²) in [7, 11) is 0. The first kappa shape index (κ1) is 17.2. The predicted octanol–water partition coefficient (Wildman–Crippen LogP) is 2.96. The molecule has 2 atom stereocenters. The molecule has 0 radical (unpaired) electrons. The number of nitrogens with one attached hydrogen (secondary N) is 1. The molecule has 3 heteroatoms. The summed E-state index contributed by atoms with van der Waals surface area (Å²) >= 11 is 0. The van der Waals surface area contributed by atoms with Crippen LogP contribution < -0.4 is 5.32 Å². The fourth-order valence-electron chi connectivity index (χ4n) is 3.98. The van der Waals surface area contributed by atoms with Gasteiger partial charge in [-0.3, -0.25) is 0 Å². The van der Waals surface area contributed by atoms with Crippen molar-refractivity contribution in [1.29, 1.82) is 0 Å². The average Bonchev–Trinajstić information content (AvgIpc) is 2.55. The van der Waals surface area contributed by atoms with Crippen LogP contribution in [-0.2, 0) is 0 Å². The van der Waals surface area contributed by atoms with E-state index in [1.807, 2.05) is 0 Å². The zero-order valence-electron chi connectivity index (χ0n) is 14.6. The first-order valence-electron chi connectivity index (χ1n) is 9.41. The van der Waals surface area contributed by atoms with Gasteiger partial charge in [0.15, 0.2) is 0 Å². The minimum Gasteiger partial charge on any atom is -0.316 e. The Hall–Kier alpha value is -0.120. The number of likely N-dealkylation sites (tertiary alicyclic amines) is 2. The maximum atomic E-state index is 3.58. The minimum absolute atomic E-state index is 0.719. The third-order valence-corrected chi connectivity index (χ3v) is 5.70. The lowest BCUT2D eigenvalue weighted by Crippen LogP contribution is -2.50. The van der Waals surface area contributed by atoms with E-state index in [2.05, 4.69) is 35.9 Å². The molecule has 0 saturated carbocycles. The third kappa shape index (κ3) is 5.22. The number of hydrogen-bond donors (Lipinski definition) is 1. The Morgan fingerprint density at radius 2 is 1.67 bits per heavy atom. The van der Waals surface area contributed by atoms with Gasteiger partial charge >= 0.3 is 0 Å². The highest BCUT2D eigenvalue weighted by Crippen LogP contribution is 2.23. The number of piperidine rings is 2. The highest BCUT2D eigenvalue weighted by Gasteiger charge is 2.28. The fourth-order valence-corrected chi connectivity index (χ4v) is 3.98. The standard InChI is InChI=1S/C18H37N3/c1-4-10-19-15-16(2)17(3)20-13-8-18(9-14-20)21-11-6-5-7-12-21/h16-19H,4-15H2,1-3H3. The molecule has 3 nitrogen and oxygen atoms in total. The number of hydrogen-bond acceptors (Lipinski definition) is 3. The molecule has 0 amide bonds. The average molecular weight is 296 g/mol. The molecule has 0 aliphatic carbocycles. The van der Waals surface area contributed by atoms with Crippen molar-refractivity contribution in [2.24, 2.45) is 5.92 Å². The van der Waals surface area contributed by atoms with Crippen LogP contribution in [0.3, 0.4) is 0 Å². The molecule has 0 spiro atoms. The second kappa shape index (κ2) is 9.12. The normalized spacial score (nSPS) is 25.9. The largest absolute Gasteiger partial charge is 0.316 e. The van der Waals surface area contributed by atoms with Crippen LogP contribution in [0.5, 0.6) is 0 Å². The van der Waals surface area contributed by atoms with Gasteiger partial charge in [-0.05, 0) is 84.2 Å². The van der Waals surface area contributed by atoms with Crippen molar-refractivity contribution < 1.29 is 0 Å². The molecule has 2 unspecified atom stereocenters. The van der Waals surface area contributed by atoms with E-state index in [4.69, 9.17) is 0 Å². The zero-order chi connectivity index (χ0) is 15.1. The summed E-state index contributed by atoms with van der Waals surface area (Å²) in [6.45, 7) is 14.7. The van der Waals surface area contributed by atoms with E-state index < -0.39 is 0 Å². The van der Waals surface area contributed by atoms with E-state index in [0.29, 0.717) is 0 Å². The van der Waals surface area contributed by atoms with Crippen LogP contribution >= 0.6 is 0 Å². The lowest BCUT2D eigenvalue weighted by Gasteiger charge is -2.43. The molecule has 2 heterocycles. The van der Waals surface area contributed by atoms with Crippen molar-refractivity contribution in [3.63, 3.8) is 0 Å². The Balaban J connectivity index is 1.69. The Morgan fingerprint density at radius 3 is 2.29 bits per heavy atom. The van der Waals surface area contributed by atoms with E-state index in [1.165, 1.54) is 71.2 Å². The van der Waals surface area contributed by atoms with Crippen LogP contribution in [0, 0.1) is 5.92 Å². The molecule has 2 rings (SSSR count). The first-order valence-corrected chi connectivity index (χ1v) is 9.41. The van der Waals surface area contributed by atoms with Gasteiger partial charge in [0.1, 0.15) is 0 Å². The van der Waals surface area contributed by atoms with Crippen molar-refractivity contribution in [2.75, 3.05) is 39.3 Å². The van der Waals surface area contributed by atoms with Gasteiger partial charge in [-0.1, -0.05) is 20.3 Å². The van der Waals surface area contributed by atoms with E-state index in [9.17, 15) is 0 Å². The fraction of sp³-hybridized carbons (Fsp3) is 1.00. The van der Waals surface area contributed by atoms with E-state index in [0.717, 1.165) is 24.5 Å². The minimum atomic E-state index is 0.719. The lowest BCUT2D eigenvalue weighted by atomic mass is 9.95. The Morgan fingerprint density at radius 1 is 1.00 bits per heavy atom. The Bertz CT molecular complexity index is 268. The summed E-state index contributed by atoms with van der Waals surface area (Å²) in [5, 5.41) is 3.58. The number of rotatable bonds is 7. The molecule has 124 valence electrons. The third-order valence-electron chi connectivity index (χ3n) is 5.70. The zero-order valence-corrected chi connectivity index (χ0v) is 14.6. The van der Waals surface area contributed by atoms with Gasteiger partial charge < -0.3 is 15.1 Å². The first-order chi connectivity index (χ1) is 10.2. The molecule has 2 aliphatic heterocycles. The van der Waals surface area contributed by atoms with Gasteiger partial charge in [0.25, 0.3) is 0 Å².